The third-order valence-electron chi connectivity index (χ3n) is 3.82. The van der Waals surface area contributed by atoms with Crippen LogP contribution in [0.5, 0.6) is 0 Å². The summed E-state index contributed by atoms with van der Waals surface area (Å²) >= 11 is 0. The van der Waals surface area contributed by atoms with Crippen molar-refractivity contribution in [2.75, 3.05) is 13.1 Å². The van der Waals surface area contributed by atoms with Gasteiger partial charge in [0, 0.05) is 12.1 Å². The third kappa shape index (κ3) is 2.05. The molecule has 1 heterocycles. The van der Waals surface area contributed by atoms with Gasteiger partial charge < -0.3 is 10.6 Å². The summed E-state index contributed by atoms with van der Waals surface area (Å²) < 4.78 is 0. The Bertz CT molecular complexity index is 173. The maximum Gasteiger partial charge on any atom is 0.0125 e. The van der Waals surface area contributed by atoms with Gasteiger partial charge in [-0.2, -0.15) is 0 Å². The molecule has 1 aliphatic carbocycles. The molecule has 0 unspecified atom stereocenters. The minimum Gasteiger partial charge on any atom is -0.328 e. The Morgan fingerprint density at radius 3 is 2.15 bits per heavy atom. The van der Waals surface area contributed by atoms with Gasteiger partial charge in [-0.05, 0) is 44.2 Å². The van der Waals surface area contributed by atoms with Crippen molar-refractivity contribution in [1.29, 1.82) is 0 Å². The number of nitrogens with zero attached hydrogens (tertiary/aromatic N) is 1. The highest BCUT2D eigenvalue weighted by Gasteiger charge is 2.34. The summed E-state index contributed by atoms with van der Waals surface area (Å²) in [5.41, 5.74) is 6.39. The SMILES string of the molecule is CC1(C)CCN(C2CC(N)C2)CC1. The molecule has 2 aliphatic rings. The number of hydrogen-bond acceptors (Lipinski definition) is 2. The van der Waals surface area contributed by atoms with Crippen LogP contribution >= 0.6 is 0 Å². The van der Waals surface area contributed by atoms with Crippen LogP contribution in [-0.4, -0.2) is 30.1 Å². The Kier molecular flexibility index (Phi) is 2.37. The summed E-state index contributed by atoms with van der Waals surface area (Å²) in [6.07, 6.45) is 5.19. The van der Waals surface area contributed by atoms with Crippen molar-refractivity contribution < 1.29 is 0 Å². The molecule has 2 rings (SSSR count). The van der Waals surface area contributed by atoms with E-state index in [2.05, 4.69) is 18.7 Å². The first kappa shape index (κ1) is 9.47. The van der Waals surface area contributed by atoms with E-state index in [1.165, 1.54) is 38.8 Å². The number of likely N-dealkylation sites (tertiary alicyclic amines) is 1. The van der Waals surface area contributed by atoms with E-state index in [4.69, 9.17) is 5.73 Å². The summed E-state index contributed by atoms with van der Waals surface area (Å²) in [6.45, 7) is 7.36. The lowest BCUT2D eigenvalue weighted by atomic mass is 9.79. The van der Waals surface area contributed by atoms with E-state index in [9.17, 15) is 0 Å². The minimum absolute atomic E-state index is 0.500. The van der Waals surface area contributed by atoms with Gasteiger partial charge in [-0.15, -0.1) is 0 Å². The average molecular weight is 182 g/mol. The standard InChI is InChI=1S/C11H22N2/c1-11(2)3-5-13(6-4-11)10-7-9(12)8-10/h9-10H,3-8,12H2,1-2H3. The van der Waals surface area contributed by atoms with Gasteiger partial charge in [0.05, 0.1) is 0 Å². The fourth-order valence-electron chi connectivity index (χ4n) is 2.42. The Labute approximate surface area is 81.5 Å². The highest BCUT2D eigenvalue weighted by atomic mass is 15.2. The van der Waals surface area contributed by atoms with Crippen LogP contribution in [-0.2, 0) is 0 Å². The zero-order valence-corrected chi connectivity index (χ0v) is 8.92. The van der Waals surface area contributed by atoms with Gasteiger partial charge >= 0.3 is 0 Å². The average Bonchev–Trinajstić information content (AvgIpc) is 2.00. The summed E-state index contributed by atoms with van der Waals surface area (Å²) in [5, 5.41) is 0. The second kappa shape index (κ2) is 3.25. The lowest BCUT2D eigenvalue weighted by Gasteiger charge is -2.46. The molecule has 13 heavy (non-hydrogen) atoms. The number of piperidine rings is 1. The maximum absolute atomic E-state index is 5.80. The van der Waals surface area contributed by atoms with Crippen molar-refractivity contribution >= 4 is 0 Å². The van der Waals surface area contributed by atoms with Gasteiger partial charge in [-0.25, -0.2) is 0 Å². The number of nitrogens with two attached hydrogens (primary N) is 1. The second-order valence-corrected chi connectivity index (χ2v) is 5.59. The van der Waals surface area contributed by atoms with E-state index >= 15 is 0 Å². The van der Waals surface area contributed by atoms with E-state index in [0.717, 1.165) is 6.04 Å². The van der Waals surface area contributed by atoms with Crippen molar-refractivity contribution in [3.63, 3.8) is 0 Å². The van der Waals surface area contributed by atoms with Crippen LogP contribution < -0.4 is 5.73 Å². The van der Waals surface area contributed by atoms with Crippen LogP contribution in [0.3, 0.4) is 0 Å². The Balaban J connectivity index is 1.79. The molecule has 0 radical (unpaired) electrons. The van der Waals surface area contributed by atoms with Gasteiger partial charge in [0.1, 0.15) is 0 Å². The van der Waals surface area contributed by atoms with E-state index in [1.54, 1.807) is 0 Å². The lowest BCUT2D eigenvalue weighted by Crippen LogP contribution is -2.53. The Hall–Kier alpha value is -0.0800. The summed E-state index contributed by atoms with van der Waals surface area (Å²) in [4.78, 5) is 2.65. The molecule has 0 amide bonds. The predicted octanol–water partition coefficient (Wildman–Crippen LogP) is 1.60. The monoisotopic (exact) mass is 182 g/mol. The third-order valence-corrected chi connectivity index (χ3v) is 3.82. The van der Waals surface area contributed by atoms with Crippen molar-refractivity contribution in [2.45, 2.75) is 51.6 Å². The molecule has 0 atom stereocenters. The van der Waals surface area contributed by atoms with Crippen LogP contribution in [0, 0.1) is 5.41 Å². The van der Waals surface area contributed by atoms with Crippen molar-refractivity contribution in [3.05, 3.63) is 0 Å². The molecule has 0 aromatic heterocycles. The molecule has 2 heteroatoms. The molecule has 1 aliphatic heterocycles. The van der Waals surface area contributed by atoms with Crippen LogP contribution in [0.2, 0.25) is 0 Å². The van der Waals surface area contributed by atoms with Crippen LogP contribution in [0.15, 0.2) is 0 Å². The van der Waals surface area contributed by atoms with Gasteiger partial charge in [-0.1, -0.05) is 13.8 Å². The largest absolute Gasteiger partial charge is 0.328 e. The predicted molar refractivity (Wildman–Crippen MR) is 55.6 cm³/mol. The van der Waals surface area contributed by atoms with Gasteiger partial charge in [-0.3, -0.25) is 0 Å². The molecular weight excluding hydrogens is 160 g/mol. The number of hydrogen-bond donors (Lipinski definition) is 1. The molecule has 1 saturated carbocycles. The summed E-state index contributed by atoms with van der Waals surface area (Å²) in [5.74, 6) is 0. The first-order valence-electron chi connectivity index (χ1n) is 5.56. The smallest absolute Gasteiger partial charge is 0.0125 e. The van der Waals surface area contributed by atoms with Gasteiger partial charge in [0.25, 0.3) is 0 Å². The minimum atomic E-state index is 0.500. The summed E-state index contributed by atoms with van der Waals surface area (Å²) in [6, 6.07) is 1.33. The van der Waals surface area contributed by atoms with Crippen molar-refractivity contribution in [2.24, 2.45) is 11.1 Å². The van der Waals surface area contributed by atoms with E-state index in [-0.39, 0.29) is 0 Å². The molecule has 2 nitrogen and oxygen atoms in total. The van der Waals surface area contributed by atoms with E-state index in [1.807, 2.05) is 0 Å². The molecule has 0 aromatic rings. The van der Waals surface area contributed by atoms with E-state index < -0.39 is 0 Å². The van der Waals surface area contributed by atoms with Gasteiger partial charge in [0.2, 0.25) is 0 Å². The fourth-order valence-corrected chi connectivity index (χ4v) is 2.42. The van der Waals surface area contributed by atoms with Crippen molar-refractivity contribution in [1.82, 2.24) is 4.90 Å². The Morgan fingerprint density at radius 2 is 1.69 bits per heavy atom. The highest BCUT2D eigenvalue weighted by molar-refractivity contribution is 4.92. The molecule has 76 valence electrons. The quantitative estimate of drug-likeness (QED) is 0.667. The molecule has 0 aromatic carbocycles. The molecular formula is C11H22N2. The van der Waals surface area contributed by atoms with Crippen LogP contribution in [0.1, 0.15) is 39.5 Å². The highest BCUT2D eigenvalue weighted by Crippen LogP contribution is 2.34. The van der Waals surface area contributed by atoms with Gasteiger partial charge in [0.15, 0.2) is 0 Å². The van der Waals surface area contributed by atoms with Crippen molar-refractivity contribution in [3.8, 4) is 0 Å². The van der Waals surface area contributed by atoms with Crippen LogP contribution in [0.4, 0.5) is 0 Å². The second-order valence-electron chi connectivity index (χ2n) is 5.59. The molecule has 1 saturated heterocycles. The first-order valence-corrected chi connectivity index (χ1v) is 5.56. The molecule has 2 N–H and O–H groups in total. The van der Waals surface area contributed by atoms with Crippen LogP contribution in [0.25, 0.3) is 0 Å². The molecule has 0 spiro atoms. The first-order chi connectivity index (χ1) is 6.07. The molecule has 0 bridgehead atoms. The maximum atomic E-state index is 5.80. The zero-order chi connectivity index (χ0) is 9.47. The fraction of sp³-hybridized carbons (Fsp3) is 1.00. The Morgan fingerprint density at radius 1 is 1.15 bits per heavy atom. The topological polar surface area (TPSA) is 29.3 Å². The lowest BCUT2D eigenvalue weighted by molar-refractivity contribution is 0.0496. The summed E-state index contributed by atoms with van der Waals surface area (Å²) in [7, 11) is 0. The van der Waals surface area contributed by atoms with E-state index in [0.29, 0.717) is 11.5 Å². The zero-order valence-electron chi connectivity index (χ0n) is 8.92. The molecule has 2 fully saturated rings. The number of rotatable bonds is 1. The normalized spacial score (nSPS) is 39.9.